The molecule has 3 nitrogen and oxygen atoms in total. The van der Waals surface area contributed by atoms with Crippen molar-refractivity contribution < 1.29 is 4.79 Å². The Morgan fingerprint density at radius 1 is 1.08 bits per heavy atom. The fourth-order valence-electron chi connectivity index (χ4n) is 2.76. The van der Waals surface area contributed by atoms with Crippen LogP contribution >= 0.6 is 11.8 Å². The molecule has 2 aromatic carbocycles. The van der Waals surface area contributed by atoms with Gasteiger partial charge in [-0.15, -0.1) is 11.8 Å². The van der Waals surface area contributed by atoms with Gasteiger partial charge in [-0.25, -0.2) is 0 Å². The Hall–Kier alpha value is -1.78. The molecule has 0 aromatic heterocycles. The number of carbonyl (C=O) groups is 1. The first-order valence-corrected chi connectivity index (χ1v) is 9.94. The number of thioether (sulfide) groups is 1. The Morgan fingerprint density at radius 2 is 1.76 bits per heavy atom. The van der Waals surface area contributed by atoms with E-state index in [0.29, 0.717) is 6.54 Å². The number of rotatable bonds is 9. The predicted molar refractivity (Wildman–Crippen MR) is 107 cm³/mol. The predicted octanol–water partition coefficient (Wildman–Crippen LogP) is 3.98. The lowest BCUT2D eigenvalue weighted by atomic mass is 10.1. The molecule has 0 unspecified atom stereocenters. The summed E-state index contributed by atoms with van der Waals surface area (Å²) in [6.45, 7) is 3.27. The molecule has 0 aliphatic rings. The van der Waals surface area contributed by atoms with Gasteiger partial charge in [-0.2, -0.15) is 0 Å². The number of nitrogens with one attached hydrogen (secondary N) is 1. The van der Waals surface area contributed by atoms with Gasteiger partial charge in [0.2, 0.25) is 5.91 Å². The maximum absolute atomic E-state index is 12.2. The van der Waals surface area contributed by atoms with Crippen molar-refractivity contribution in [2.45, 2.75) is 37.2 Å². The number of nitrogens with zero attached hydrogens (tertiary/aromatic N) is 1. The van der Waals surface area contributed by atoms with Gasteiger partial charge in [0.25, 0.3) is 0 Å². The van der Waals surface area contributed by atoms with Crippen molar-refractivity contribution in [3.05, 3.63) is 65.7 Å². The maximum Gasteiger partial charge on any atom is 0.234 e. The van der Waals surface area contributed by atoms with Crippen molar-refractivity contribution in [3.8, 4) is 0 Å². The lowest BCUT2D eigenvalue weighted by Crippen LogP contribution is -2.39. The first-order chi connectivity index (χ1) is 12.1. The summed E-state index contributed by atoms with van der Waals surface area (Å²) >= 11 is 1.74. The largest absolute Gasteiger partial charge is 0.353 e. The van der Waals surface area contributed by atoms with Crippen LogP contribution < -0.4 is 5.32 Å². The van der Waals surface area contributed by atoms with Gasteiger partial charge in [-0.1, -0.05) is 42.5 Å². The Bertz CT molecular complexity index is 643. The molecule has 0 aliphatic heterocycles. The molecule has 1 N–H and O–H groups in total. The van der Waals surface area contributed by atoms with Crippen LogP contribution in [0.25, 0.3) is 0 Å². The zero-order chi connectivity index (χ0) is 18.1. The molecule has 0 fully saturated rings. The molecular formula is C21H28N2OS. The lowest BCUT2D eigenvalue weighted by molar-refractivity contribution is -0.122. The van der Waals surface area contributed by atoms with E-state index in [2.05, 4.69) is 67.0 Å². The Morgan fingerprint density at radius 3 is 2.40 bits per heavy atom. The van der Waals surface area contributed by atoms with Gasteiger partial charge in [0, 0.05) is 17.5 Å². The van der Waals surface area contributed by atoms with Crippen LogP contribution in [0.4, 0.5) is 0 Å². The summed E-state index contributed by atoms with van der Waals surface area (Å²) in [5.74, 6) is 0.0868. The molecule has 1 amide bonds. The van der Waals surface area contributed by atoms with Crippen molar-refractivity contribution in [2.24, 2.45) is 0 Å². The van der Waals surface area contributed by atoms with Crippen LogP contribution in [0.15, 0.2) is 59.5 Å². The molecule has 0 radical (unpaired) electrons. The number of hydrogen-bond acceptors (Lipinski definition) is 3. The van der Waals surface area contributed by atoms with Gasteiger partial charge < -0.3 is 5.32 Å². The summed E-state index contributed by atoms with van der Waals surface area (Å²) in [6.07, 6.45) is 4.01. The number of amides is 1. The third-order valence-electron chi connectivity index (χ3n) is 4.14. The van der Waals surface area contributed by atoms with E-state index in [4.69, 9.17) is 0 Å². The zero-order valence-electron chi connectivity index (χ0n) is 15.4. The van der Waals surface area contributed by atoms with E-state index in [0.717, 1.165) is 19.4 Å². The van der Waals surface area contributed by atoms with Crippen LogP contribution in [0.2, 0.25) is 0 Å². The minimum Gasteiger partial charge on any atom is -0.353 e. The average molecular weight is 357 g/mol. The highest BCUT2D eigenvalue weighted by Crippen LogP contribution is 2.15. The highest BCUT2D eigenvalue weighted by atomic mass is 32.2. The third kappa shape index (κ3) is 7.32. The highest BCUT2D eigenvalue weighted by Gasteiger charge is 2.10. The molecule has 4 heteroatoms. The van der Waals surface area contributed by atoms with Gasteiger partial charge in [-0.3, -0.25) is 9.69 Å². The molecule has 2 aromatic rings. The van der Waals surface area contributed by atoms with Crippen LogP contribution in [0.3, 0.4) is 0 Å². The fraction of sp³-hybridized carbons (Fsp3) is 0.381. The van der Waals surface area contributed by atoms with E-state index >= 15 is 0 Å². The van der Waals surface area contributed by atoms with Crippen molar-refractivity contribution in [1.29, 1.82) is 0 Å². The monoisotopic (exact) mass is 356 g/mol. The van der Waals surface area contributed by atoms with E-state index < -0.39 is 0 Å². The minimum absolute atomic E-state index is 0.0868. The van der Waals surface area contributed by atoms with Gasteiger partial charge in [-0.05, 0) is 56.3 Å². The van der Waals surface area contributed by atoms with Gasteiger partial charge in [0.1, 0.15) is 0 Å². The van der Waals surface area contributed by atoms with Crippen LogP contribution in [-0.2, 0) is 17.8 Å². The fourth-order valence-corrected chi connectivity index (χ4v) is 3.17. The molecule has 1 atom stereocenters. The maximum atomic E-state index is 12.2. The second-order valence-electron chi connectivity index (χ2n) is 6.51. The molecule has 0 saturated carbocycles. The molecule has 0 spiro atoms. The van der Waals surface area contributed by atoms with Crippen molar-refractivity contribution in [3.63, 3.8) is 0 Å². The van der Waals surface area contributed by atoms with Gasteiger partial charge in [0.05, 0.1) is 6.54 Å². The molecule has 0 heterocycles. The molecule has 134 valence electrons. The Kier molecular flexibility index (Phi) is 8.02. The van der Waals surface area contributed by atoms with E-state index in [1.54, 1.807) is 11.8 Å². The number of hydrogen-bond donors (Lipinski definition) is 1. The molecule has 25 heavy (non-hydrogen) atoms. The first kappa shape index (κ1) is 19.5. The van der Waals surface area contributed by atoms with Crippen molar-refractivity contribution in [1.82, 2.24) is 10.2 Å². The normalized spacial score (nSPS) is 12.2. The number of carbonyl (C=O) groups excluding carboxylic acids is 1. The van der Waals surface area contributed by atoms with E-state index in [1.165, 1.54) is 16.0 Å². The standard InChI is InChI=1S/C21H28N2OS/c1-17(9-10-18-7-5-4-6-8-18)22-21(24)16-23(2)15-19-11-13-20(25-3)14-12-19/h4-8,11-14,17H,9-10,15-16H2,1-3H3,(H,22,24)/t17-/m1/s1. The second kappa shape index (κ2) is 10.3. The number of likely N-dealkylation sites (N-methyl/N-ethyl adjacent to an activating group) is 1. The molecular weight excluding hydrogens is 328 g/mol. The summed E-state index contributed by atoms with van der Waals surface area (Å²) in [4.78, 5) is 15.5. The summed E-state index contributed by atoms with van der Waals surface area (Å²) < 4.78 is 0. The van der Waals surface area contributed by atoms with Gasteiger partial charge in [0.15, 0.2) is 0 Å². The van der Waals surface area contributed by atoms with Crippen LogP contribution in [0, 0.1) is 0 Å². The molecule has 0 bridgehead atoms. The Balaban J connectivity index is 1.70. The van der Waals surface area contributed by atoms with Gasteiger partial charge >= 0.3 is 0 Å². The summed E-state index contributed by atoms with van der Waals surface area (Å²) in [6, 6.07) is 19.1. The summed E-state index contributed by atoms with van der Waals surface area (Å²) in [5.41, 5.74) is 2.54. The average Bonchev–Trinajstić information content (AvgIpc) is 2.61. The van der Waals surface area contributed by atoms with Crippen LogP contribution in [0.5, 0.6) is 0 Å². The summed E-state index contributed by atoms with van der Waals surface area (Å²) in [5, 5.41) is 3.10. The van der Waals surface area contributed by atoms with E-state index in [-0.39, 0.29) is 11.9 Å². The second-order valence-corrected chi connectivity index (χ2v) is 7.39. The van der Waals surface area contributed by atoms with Crippen molar-refractivity contribution in [2.75, 3.05) is 19.8 Å². The third-order valence-corrected chi connectivity index (χ3v) is 4.88. The first-order valence-electron chi connectivity index (χ1n) is 8.71. The Labute approximate surface area is 155 Å². The number of aryl methyl sites for hydroxylation is 1. The zero-order valence-corrected chi connectivity index (χ0v) is 16.2. The SMILES string of the molecule is CSc1ccc(CN(C)CC(=O)N[C@H](C)CCc2ccccc2)cc1. The molecule has 0 saturated heterocycles. The lowest BCUT2D eigenvalue weighted by Gasteiger charge is -2.19. The smallest absolute Gasteiger partial charge is 0.234 e. The van der Waals surface area contributed by atoms with E-state index in [9.17, 15) is 4.79 Å². The van der Waals surface area contributed by atoms with Crippen molar-refractivity contribution >= 4 is 17.7 Å². The minimum atomic E-state index is 0.0868. The molecule has 0 aliphatic carbocycles. The van der Waals surface area contributed by atoms with E-state index in [1.807, 2.05) is 18.0 Å². The molecule has 2 rings (SSSR count). The highest BCUT2D eigenvalue weighted by molar-refractivity contribution is 7.98. The topological polar surface area (TPSA) is 32.3 Å². The number of benzene rings is 2. The quantitative estimate of drug-likeness (QED) is 0.690. The van der Waals surface area contributed by atoms with Crippen LogP contribution in [0.1, 0.15) is 24.5 Å². The van der Waals surface area contributed by atoms with Crippen LogP contribution in [-0.4, -0.2) is 36.7 Å². The summed E-state index contributed by atoms with van der Waals surface area (Å²) in [7, 11) is 1.98.